The highest BCUT2D eigenvalue weighted by Crippen LogP contribution is 2.18. The Morgan fingerprint density at radius 3 is 1.69 bits per heavy atom. The van der Waals surface area contributed by atoms with Gasteiger partial charge < -0.3 is 19.5 Å². The van der Waals surface area contributed by atoms with Crippen molar-refractivity contribution in [2.75, 3.05) is 39.5 Å². The fraction of sp³-hybridized carbons (Fsp3) is 0.939. The predicted octanol–water partition coefficient (Wildman–Crippen LogP) is 8.24. The van der Waals surface area contributed by atoms with Crippen LogP contribution >= 0.6 is 0 Å². The minimum absolute atomic E-state index is 0.0298. The van der Waals surface area contributed by atoms with Crippen molar-refractivity contribution in [3.8, 4) is 0 Å². The second-order valence-corrected chi connectivity index (χ2v) is 11.4. The predicted molar refractivity (Wildman–Crippen MR) is 163 cm³/mol. The summed E-state index contributed by atoms with van der Waals surface area (Å²) < 4.78 is 10.9. The van der Waals surface area contributed by atoms with Gasteiger partial charge >= 0.3 is 11.9 Å². The lowest BCUT2D eigenvalue weighted by molar-refractivity contribution is -0.145. The Hall–Kier alpha value is -1.14. The Labute approximate surface area is 242 Å². The molecular weight excluding hydrogens is 490 g/mol. The lowest BCUT2D eigenvalue weighted by Crippen LogP contribution is -2.29. The third-order valence-electron chi connectivity index (χ3n) is 7.55. The number of aliphatic hydroxyl groups is 1. The molecule has 232 valence electrons. The number of unbranched alkanes of at least 4 members (excludes halogenated alkanes) is 12. The minimum atomic E-state index is -0.0500. The SMILES string of the molecule is CCCCCOC(=O)CCCCCCCN(CCO)CCCCCCC(=O)OCC(CCCC)CCCCC. The maximum absolute atomic E-state index is 12.2. The summed E-state index contributed by atoms with van der Waals surface area (Å²) in [5.74, 6) is 0.450. The summed E-state index contributed by atoms with van der Waals surface area (Å²) in [6.07, 6.45) is 22.4. The third-order valence-corrected chi connectivity index (χ3v) is 7.55. The van der Waals surface area contributed by atoms with Gasteiger partial charge in [-0.2, -0.15) is 0 Å². The van der Waals surface area contributed by atoms with Gasteiger partial charge in [0, 0.05) is 19.4 Å². The summed E-state index contributed by atoms with van der Waals surface area (Å²) in [6, 6.07) is 0. The number of carbonyl (C=O) groups is 2. The Bertz CT molecular complexity index is 542. The number of hydrogen-bond acceptors (Lipinski definition) is 6. The zero-order valence-corrected chi connectivity index (χ0v) is 26.2. The normalized spacial score (nSPS) is 12.1. The fourth-order valence-corrected chi connectivity index (χ4v) is 4.95. The Morgan fingerprint density at radius 2 is 1.10 bits per heavy atom. The van der Waals surface area contributed by atoms with E-state index in [2.05, 4.69) is 25.7 Å². The highest BCUT2D eigenvalue weighted by Gasteiger charge is 2.12. The summed E-state index contributed by atoms with van der Waals surface area (Å²) in [4.78, 5) is 26.3. The molecule has 0 aliphatic rings. The fourth-order valence-electron chi connectivity index (χ4n) is 4.95. The Kier molecular flexibility index (Phi) is 29.0. The molecule has 0 aromatic heterocycles. The van der Waals surface area contributed by atoms with E-state index < -0.39 is 0 Å². The highest BCUT2D eigenvalue weighted by atomic mass is 16.5. The van der Waals surface area contributed by atoms with E-state index in [1.807, 2.05) is 0 Å². The van der Waals surface area contributed by atoms with Crippen molar-refractivity contribution < 1.29 is 24.2 Å². The number of hydrogen-bond donors (Lipinski definition) is 1. The molecule has 0 fully saturated rings. The molecule has 0 aliphatic carbocycles. The van der Waals surface area contributed by atoms with Crippen LogP contribution in [0.3, 0.4) is 0 Å². The quantitative estimate of drug-likeness (QED) is 0.0710. The molecular formula is C33H65NO5. The number of esters is 2. The monoisotopic (exact) mass is 555 g/mol. The average molecular weight is 556 g/mol. The standard InChI is InChI=1S/C33H65NO5/c1-4-7-15-22-31(21-9-6-3)30-39-33(37)24-17-12-14-19-26-34(27-28-35)25-18-13-10-11-16-23-32(36)38-29-20-8-5-2/h31,35H,4-30H2,1-3H3. The lowest BCUT2D eigenvalue weighted by atomic mass is 9.96. The molecule has 0 rings (SSSR count). The Balaban J connectivity index is 3.80. The summed E-state index contributed by atoms with van der Waals surface area (Å²) in [7, 11) is 0. The van der Waals surface area contributed by atoms with Gasteiger partial charge in [0.15, 0.2) is 0 Å². The zero-order chi connectivity index (χ0) is 28.8. The van der Waals surface area contributed by atoms with Crippen LogP contribution in [-0.4, -0.2) is 61.4 Å². The largest absolute Gasteiger partial charge is 0.466 e. The van der Waals surface area contributed by atoms with Gasteiger partial charge in [-0.25, -0.2) is 0 Å². The molecule has 0 aromatic carbocycles. The highest BCUT2D eigenvalue weighted by molar-refractivity contribution is 5.69. The van der Waals surface area contributed by atoms with Crippen LogP contribution in [0.4, 0.5) is 0 Å². The van der Waals surface area contributed by atoms with Crippen LogP contribution in [-0.2, 0) is 19.1 Å². The first-order chi connectivity index (χ1) is 19.1. The van der Waals surface area contributed by atoms with E-state index in [4.69, 9.17) is 9.47 Å². The number of nitrogens with zero attached hydrogens (tertiary/aromatic N) is 1. The molecule has 0 bridgehead atoms. The first-order valence-corrected chi connectivity index (χ1v) is 16.7. The van der Waals surface area contributed by atoms with Crippen LogP contribution in [0.1, 0.15) is 156 Å². The van der Waals surface area contributed by atoms with Gasteiger partial charge in [-0.05, 0) is 64.0 Å². The van der Waals surface area contributed by atoms with Crippen LogP contribution in [0.15, 0.2) is 0 Å². The molecule has 1 unspecified atom stereocenters. The molecule has 0 heterocycles. The first kappa shape index (κ1) is 37.9. The lowest BCUT2D eigenvalue weighted by Gasteiger charge is -2.21. The van der Waals surface area contributed by atoms with E-state index in [1.165, 1.54) is 44.9 Å². The molecule has 0 aromatic rings. The molecule has 0 saturated heterocycles. The maximum Gasteiger partial charge on any atom is 0.305 e. The molecule has 0 radical (unpaired) electrons. The zero-order valence-electron chi connectivity index (χ0n) is 26.2. The van der Waals surface area contributed by atoms with Gasteiger partial charge in [-0.15, -0.1) is 0 Å². The number of carbonyl (C=O) groups excluding carboxylic acids is 2. The van der Waals surface area contributed by atoms with Crippen LogP contribution in [0.2, 0.25) is 0 Å². The van der Waals surface area contributed by atoms with Crippen molar-refractivity contribution in [1.82, 2.24) is 4.90 Å². The summed E-state index contributed by atoms with van der Waals surface area (Å²) in [6.45, 7) is 10.7. The van der Waals surface area contributed by atoms with E-state index in [0.29, 0.717) is 32.0 Å². The third kappa shape index (κ3) is 26.8. The molecule has 0 aliphatic heterocycles. The maximum atomic E-state index is 12.2. The van der Waals surface area contributed by atoms with Crippen molar-refractivity contribution in [1.29, 1.82) is 0 Å². The van der Waals surface area contributed by atoms with Crippen molar-refractivity contribution in [2.45, 2.75) is 156 Å². The molecule has 6 nitrogen and oxygen atoms in total. The first-order valence-electron chi connectivity index (χ1n) is 16.7. The van der Waals surface area contributed by atoms with E-state index in [9.17, 15) is 14.7 Å². The van der Waals surface area contributed by atoms with Gasteiger partial charge in [0.25, 0.3) is 0 Å². The smallest absolute Gasteiger partial charge is 0.305 e. The van der Waals surface area contributed by atoms with Gasteiger partial charge in [0.1, 0.15) is 0 Å². The molecule has 0 saturated carbocycles. The van der Waals surface area contributed by atoms with Crippen LogP contribution in [0.5, 0.6) is 0 Å². The molecule has 1 N–H and O–H groups in total. The van der Waals surface area contributed by atoms with E-state index >= 15 is 0 Å². The van der Waals surface area contributed by atoms with E-state index in [0.717, 1.165) is 96.7 Å². The number of ether oxygens (including phenoxy) is 2. The van der Waals surface area contributed by atoms with Crippen molar-refractivity contribution in [2.24, 2.45) is 5.92 Å². The van der Waals surface area contributed by atoms with Crippen molar-refractivity contribution in [3.05, 3.63) is 0 Å². The summed E-state index contributed by atoms with van der Waals surface area (Å²) in [5, 5.41) is 9.42. The van der Waals surface area contributed by atoms with Gasteiger partial charge in [0.2, 0.25) is 0 Å². The van der Waals surface area contributed by atoms with Crippen LogP contribution < -0.4 is 0 Å². The van der Waals surface area contributed by atoms with E-state index in [1.54, 1.807) is 0 Å². The molecule has 6 heteroatoms. The molecule has 0 amide bonds. The van der Waals surface area contributed by atoms with Gasteiger partial charge in [-0.3, -0.25) is 9.59 Å². The number of rotatable bonds is 30. The van der Waals surface area contributed by atoms with Crippen molar-refractivity contribution >= 4 is 11.9 Å². The topological polar surface area (TPSA) is 76.1 Å². The molecule has 39 heavy (non-hydrogen) atoms. The molecule has 1 atom stereocenters. The van der Waals surface area contributed by atoms with E-state index in [-0.39, 0.29) is 18.5 Å². The minimum Gasteiger partial charge on any atom is -0.466 e. The molecule has 0 spiro atoms. The summed E-state index contributed by atoms with van der Waals surface area (Å²) >= 11 is 0. The van der Waals surface area contributed by atoms with Gasteiger partial charge in [0.05, 0.1) is 19.8 Å². The average Bonchev–Trinajstić information content (AvgIpc) is 2.93. The summed E-state index contributed by atoms with van der Waals surface area (Å²) in [5.41, 5.74) is 0. The second-order valence-electron chi connectivity index (χ2n) is 11.4. The van der Waals surface area contributed by atoms with Crippen molar-refractivity contribution in [3.63, 3.8) is 0 Å². The van der Waals surface area contributed by atoms with Gasteiger partial charge in [-0.1, -0.05) is 97.8 Å². The Morgan fingerprint density at radius 1 is 0.590 bits per heavy atom. The van der Waals surface area contributed by atoms with Crippen LogP contribution in [0, 0.1) is 5.92 Å². The second kappa shape index (κ2) is 29.8. The van der Waals surface area contributed by atoms with Crippen LogP contribution in [0.25, 0.3) is 0 Å². The number of aliphatic hydroxyl groups excluding tert-OH is 1.